The highest BCUT2D eigenvalue weighted by atomic mass is 79.9. The summed E-state index contributed by atoms with van der Waals surface area (Å²) in [6.45, 7) is 2.83. The molecule has 1 aromatic heterocycles. The molecular formula is C16H20BrNO2S. The van der Waals surface area contributed by atoms with Crippen LogP contribution < -0.4 is 14.8 Å². The Morgan fingerprint density at radius 1 is 1.29 bits per heavy atom. The first kappa shape index (κ1) is 16.3. The Labute approximate surface area is 138 Å². The van der Waals surface area contributed by atoms with Gasteiger partial charge in [0.1, 0.15) is 11.5 Å². The molecule has 0 fully saturated rings. The van der Waals surface area contributed by atoms with Crippen molar-refractivity contribution in [1.29, 1.82) is 0 Å². The van der Waals surface area contributed by atoms with E-state index in [-0.39, 0.29) is 6.04 Å². The molecule has 0 saturated carbocycles. The number of thiophene rings is 1. The molecule has 0 bridgehead atoms. The highest BCUT2D eigenvalue weighted by Crippen LogP contribution is 2.37. The number of hydrogen-bond acceptors (Lipinski definition) is 4. The second-order valence-electron chi connectivity index (χ2n) is 4.61. The van der Waals surface area contributed by atoms with Crippen LogP contribution in [0, 0.1) is 0 Å². The largest absolute Gasteiger partial charge is 0.496 e. The van der Waals surface area contributed by atoms with E-state index in [1.807, 2.05) is 24.6 Å². The zero-order valence-electron chi connectivity index (χ0n) is 12.5. The molecule has 1 N–H and O–H groups in total. The van der Waals surface area contributed by atoms with Crippen molar-refractivity contribution in [3.8, 4) is 11.5 Å². The van der Waals surface area contributed by atoms with Gasteiger partial charge < -0.3 is 14.8 Å². The third kappa shape index (κ3) is 3.78. The van der Waals surface area contributed by atoms with Crippen molar-refractivity contribution >= 4 is 27.3 Å². The molecule has 21 heavy (non-hydrogen) atoms. The van der Waals surface area contributed by atoms with E-state index in [0.29, 0.717) is 0 Å². The quantitative estimate of drug-likeness (QED) is 0.772. The molecule has 114 valence electrons. The average Bonchev–Trinajstić information content (AvgIpc) is 2.95. The van der Waals surface area contributed by atoms with E-state index in [2.05, 4.69) is 40.3 Å². The number of hydrogen-bond donors (Lipinski definition) is 1. The van der Waals surface area contributed by atoms with Gasteiger partial charge in [0, 0.05) is 0 Å². The van der Waals surface area contributed by atoms with Gasteiger partial charge in [-0.1, -0.05) is 13.0 Å². The molecule has 2 aromatic rings. The Hall–Kier alpha value is -1.04. The fourth-order valence-electron chi connectivity index (χ4n) is 2.16. The minimum absolute atomic E-state index is 0.108. The van der Waals surface area contributed by atoms with Crippen LogP contribution in [0.25, 0.3) is 0 Å². The normalized spacial score (nSPS) is 12.2. The Balaban J connectivity index is 2.29. The van der Waals surface area contributed by atoms with Gasteiger partial charge in [-0.3, -0.25) is 0 Å². The molecule has 5 heteroatoms. The van der Waals surface area contributed by atoms with Crippen LogP contribution in [0.4, 0.5) is 0 Å². The second-order valence-corrected chi connectivity index (χ2v) is 6.42. The summed E-state index contributed by atoms with van der Waals surface area (Å²) in [5.41, 5.74) is 1.17. The van der Waals surface area contributed by atoms with Crippen molar-refractivity contribution in [1.82, 2.24) is 5.32 Å². The third-order valence-corrected chi connectivity index (χ3v) is 4.76. The van der Waals surface area contributed by atoms with Crippen LogP contribution >= 0.6 is 27.3 Å². The van der Waals surface area contributed by atoms with Crippen molar-refractivity contribution in [3.63, 3.8) is 0 Å². The average molecular weight is 370 g/mol. The fourth-order valence-corrected chi connectivity index (χ4v) is 3.67. The summed E-state index contributed by atoms with van der Waals surface area (Å²) < 4.78 is 12.1. The standard InChI is InChI=1S/C16H20BrNO2S/c1-4-8-20-13-6-5-11(10-12(13)17)15(18-2)16-14(19-3)7-9-21-16/h5-7,9-10,15,18H,4,8H2,1-3H3. The summed E-state index contributed by atoms with van der Waals surface area (Å²) >= 11 is 5.28. The predicted octanol–water partition coefficient (Wildman–Crippen LogP) is 4.62. The molecule has 0 aliphatic rings. The number of rotatable bonds is 7. The van der Waals surface area contributed by atoms with Crippen LogP contribution in [0.15, 0.2) is 34.1 Å². The topological polar surface area (TPSA) is 30.5 Å². The van der Waals surface area contributed by atoms with Gasteiger partial charge in [-0.2, -0.15) is 0 Å². The van der Waals surface area contributed by atoms with E-state index in [0.717, 1.165) is 29.0 Å². The number of ether oxygens (including phenoxy) is 2. The van der Waals surface area contributed by atoms with Gasteiger partial charge in [-0.25, -0.2) is 0 Å². The van der Waals surface area contributed by atoms with Crippen molar-refractivity contribution < 1.29 is 9.47 Å². The second kappa shape index (κ2) is 7.82. The van der Waals surface area contributed by atoms with Crippen LogP contribution in [-0.2, 0) is 0 Å². The zero-order valence-corrected chi connectivity index (χ0v) is 14.9. The lowest BCUT2D eigenvalue weighted by Gasteiger charge is -2.18. The molecular weight excluding hydrogens is 350 g/mol. The smallest absolute Gasteiger partial charge is 0.134 e. The van der Waals surface area contributed by atoms with Gasteiger partial charge in [0.2, 0.25) is 0 Å². The first-order valence-electron chi connectivity index (χ1n) is 6.92. The van der Waals surface area contributed by atoms with Crippen LogP contribution in [0.2, 0.25) is 0 Å². The SMILES string of the molecule is CCCOc1ccc(C(NC)c2sccc2OC)cc1Br. The summed E-state index contributed by atoms with van der Waals surface area (Å²) in [5, 5.41) is 5.40. The van der Waals surface area contributed by atoms with E-state index in [9.17, 15) is 0 Å². The first-order chi connectivity index (χ1) is 10.2. The summed E-state index contributed by atoms with van der Waals surface area (Å²) in [6, 6.07) is 8.32. The monoisotopic (exact) mass is 369 g/mol. The summed E-state index contributed by atoms with van der Waals surface area (Å²) in [6.07, 6.45) is 1.000. The molecule has 0 aliphatic heterocycles. The van der Waals surface area contributed by atoms with E-state index >= 15 is 0 Å². The van der Waals surface area contributed by atoms with Gasteiger partial charge in [-0.15, -0.1) is 11.3 Å². The zero-order chi connectivity index (χ0) is 15.2. The Kier molecular flexibility index (Phi) is 6.08. The van der Waals surface area contributed by atoms with Crippen molar-refractivity contribution in [2.45, 2.75) is 19.4 Å². The van der Waals surface area contributed by atoms with Crippen LogP contribution in [0.3, 0.4) is 0 Å². The van der Waals surface area contributed by atoms with Crippen LogP contribution in [-0.4, -0.2) is 20.8 Å². The molecule has 0 aliphatic carbocycles. The molecule has 0 amide bonds. The Morgan fingerprint density at radius 2 is 2.10 bits per heavy atom. The highest BCUT2D eigenvalue weighted by Gasteiger charge is 2.19. The molecule has 1 unspecified atom stereocenters. The van der Waals surface area contributed by atoms with Crippen molar-refractivity contribution in [3.05, 3.63) is 44.6 Å². The summed E-state index contributed by atoms with van der Waals surface area (Å²) in [4.78, 5) is 1.18. The highest BCUT2D eigenvalue weighted by molar-refractivity contribution is 9.10. The lowest BCUT2D eigenvalue weighted by molar-refractivity contribution is 0.315. The third-order valence-electron chi connectivity index (χ3n) is 3.18. The lowest BCUT2D eigenvalue weighted by Crippen LogP contribution is -2.17. The molecule has 0 radical (unpaired) electrons. The molecule has 1 heterocycles. The molecule has 3 nitrogen and oxygen atoms in total. The molecule has 2 rings (SSSR count). The number of nitrogens with one attached hydrogen (secondary N) is 1. The van der Waals surface area contributed by atoms with Gasteiger partial charge in [0.15, 0.2) is 0 Å². The van der Waals surface area contributed by atoms with E-state index < -0.39 is 0 Å². The molecule has 0 spiro atoms. The van der Waals surface area contributed by atoms with Gasteiger partial charge in [-0.05, 0) is 58.5 Å². The summed E-state index contributed by atoms with van der Waals surface area (Å²) in [5.74, 6) is 1.80. The summed E-state index contributed by atoms with van der Waals surface area (Å²) in [7, 11) is 3.66. The van der Waals surface area contributed by atoms with Gasteiger partial charge in [0.25, 0.3) is 0 Å². The maximum Gasteiger partial charge on any atom is 0.134 e. The van der Waals surface area contributed by atoms with E-state index in [4.69, 9.17) is 9.47 Å². The maximum absolute atomic E-state index is 5.70. The lowest BCUT2D eigenvalue weighted by atomic mass is 10.0. The molecule has 1 atom stereocenters. The van der Waals surface area contributed by atoms with Crippen molar-refractivity contribution in [2.75, 3.05) is 20.8 Å². The van der Waals surface area contributed by atoms with E-state index in [1.165, 1.54) is 10.4 Å². The fraction of sp³-hybridized carbons (Fsp3) is 0.375. The Bertz CT molecular complexity index is 585. The van der Waals surface area contributed by atoms with Crippen LogP contribution in [0.5, 0.6) is 11.5 Å². The van der Waals surface area contributed by atoms with Crippen LogP contribution in [0.1, 0.15) is 29.8 Å². The van der Waals surface area contributed by atoms with E-state index in [1.54, 1.807) is 18.4 Å². The number of methoxy groups -OCH3 is 1. The number of benzene rings is 1. The molecule has 1 aromatic carbocycles. The van der Waals surface area contributed by atoms with Crippen molar-refractivity contribution in [2.24, 2.45) is 0 Å². The Morgan fingerprint density at radius 3 is 2.71 bits per heavy atom. The molecule has 0 saturated heterocycles. The predicted molar refractivity (Wildman–Crippen MR) is 91.7 cm³/mol. The minimum Gasteiger partial charge on any atom is -0.496 e. The first-order valence-corrected chi connectivity index (χ1v) is 8.59. The number of halogens is 1. The maximum atomic E-state index is 5.70. The van der Waals surface area contributed by atoms with Gasteiger partial charge >= 0.3 is 0 Å². The minimum atomic E-state index is 0.108. The van der Waals surface area contributed by atoms with Gasteiger partial charge in [0.05, 0.1) is 29.1 Å².